The Balaban J connectivity index is 1.72. The fourth-order valence-corrected chi connectivity index (χ4v) is 4.85. The number of carbonyl (C=O) groups excluding carboxylic acids is 1. The van der Waals surface area contributed by atoms with Crippen LogP contribution in [-0.2, 0) is 16.0 Å². The summed E-state index contributed by atoms with van der Waals surface area (Å²) in [6.45, 7) is 5.95. The lowest BCUT2D eigenvalue weighted by atomic mass is 9.74. The van der Waals surface area contributed by atoms with E-state index in [0.29, 0.717) is 24.0 Å². The maximum atomic E-state index is 13.2. The van der Waals surface area contributed by atoms with E-state index < -0.39 is 0 Å². The zero-order valence-electron chi connectivity index (χ0n) is 16.6. The highest BCUT2D eigenvalue weighted by molar-refractivity contribution is 6.30. The van der Waals surface area contributed by atoms with Gasteiger partial charge in [0, 0.05) is 30.2 Å². The third-order valence-electron chi connectivity index (χ3n) is 6.29. The van der Waals surface area contributed by atoms with Crippen molar-refractivity contribution in [3.8, 4) is 11.1 Å². The summed E-state index contributed by atoms with van der Waals surface area (Å²) < 4.78 is 5.57. The van der Waals surface area contributed by atoms with E-state index in [2.05, 4.69) is 32.0 Å². The Morgan fingerprint density at radius 2 is 1.79 bits per heavy atom. The number of allylic oxidation sites excluding steroid dienone is 2. The largest absolute Gasteiger partial charge is 0.381 e. The van der Waals surface area contributed by atoms with Crippen molar-refractivity contribution in [3.63, 3.8) is 0 Å². The molecule has 28 heavy (non-hydrogen) atoms. The predicted molar refractivity (Wildman–Crippen MR) is 116 cm³/mol. The van der Waals surface area contributed by atoms with Gasteiger partial charge < -0.3 is 4.74 Å². The van der Waals surface area contributed by atoms with Crippen LogP contribution in [0.2, 0.25) is 5.02 Å². The molecule has 1 heterocycles. The molecule has 0 amide bonds. The summed E-state index contributed by atoms with van der Waals surface area (Å²) in [5.41, 5.74) is 6.78. The molecule has 1 fully saturated rings. The second-order valence-electron chi connectivity index (χ2n) is 8.10. The first-order valence-corrected chi connectivity index (χ1v) is 10.6. The normalized spacial score (nSPS) is 22.8. The van der Waals surface area contributed by atoms with Crippen LogP contribution in [0.4, 0.5) is 0 Å². The Labute approximate surface area is 172 Å². The number of hydrogen-bond acceptors (Lipinski definition) is 2. The van der Waals surface area contributed by atoms with Crippen molar-refractivity contribution in [3.05, 3.63) is 64.2 Å². The lowest BCUT2D eigenvalue weighted by Crippen LogP contribution is -2.25. The van der Waals surface area contributed by atoms with Crippen molar-refractivity contribution in [2.24, 2.45) is 11.8 Å². The lowest BCUT2D eigenvalue weighted by Gasteiger charge is -2.29. The first-order valence-electron chi connectivity index (χ1n) is 10.3. The SMILES string of the molecule is CCc1ccc(-c2ccc(Cl)cc2)cc1C1=C(C)CC(C2CCOC2)CC1=O. The predicted octanol–water partition coefficient (Wildman–Crippen LogP) is 6.36. The van der Waals surface area contributed by atoms with Gasteiger partial charge in [-0.3, -0.25) is 4.79 Å². The standard InChI is InChI=1S/C25H27ClO2/c1-3-17-4-5-19(18-6-8-22(26)9-7-18)13-23(17)25-16(2)12-21(14-24(25)27)20-10-11-28-15-20/h4-9,13,20-21H,3,10-12,14-15H2,1-2H3. The first-order chi connectivity index (χ1) is 13.6. The van der Waals surface area contributed by atoms with Crippen molar-refractivity contribution in [2.75, 3.05) is 13.2 Å². The third-order valence-corrected chi connectivity index (χ3v) is 6.54. The molecule has 0 saturated carbocycles. The molecule has 0 aromatic heterocycles. The molecule has 1 saturated heterocycles. The number of hydrogen-bond donors (Lipinski definition) is 0. The number of ether oxygens (including phenoxy) is 1. The van der Waals surface area contributed by atoms with E-state index in [4.69, 9.17) is 16.3 Å². The zero-order chi connectivity index (χ0) is 19.7. The van der Waals surface area contributed by atoms with Gasteiger partial charge in [-0.1, -0.05) is 48.4 Å². The molecular formula is C25H27ClO2. The number of Topliss-reactive ketones (excluding diaryl/α,β-unsaturated/α-hetero) is 1. The molecule has 0 N–H and O–H groups in total. The second-order valence-corrected chi connectivity index (χ2v) is 8.54. The fourth-order valence-electron chi connectivity index (χ4n) is 4.72. The average Bonchev–Trinajstić information content (AvgIpc) is 3.23. The number of rotatable bonds is 4. The minimum atomic E-state index is 0.295. The summed E-state index contributed by atoms with van der Waals surface area (Å²) in [7, 11) is 0. The third kappa shape index (κ3) is 3.81. The van der Waals surface area contributed by atoms with Gasteiger partial charge in [0.25, 0.3) is 0 Å². The molecule has 1 aliphatic heterocycles. The van der Waals surface area contributed by atoms with Crippen LogP contribution in [0.3, 0.4) is 0 Å². The lowest BCUT2D eigenvalue weighted by molar-refractivity contribution is -0.115. The summed E-state index contributed by atoms with van der Waals surface area (Å²) in [6, 6.07) is 14.4. The molecule has 4 rings (SSSR count). The zero-order valence-corrected chi connectivity index (χ0v) is 17.4. The molecule has 1 aliphatic carbocycles. The molecular weight excluding hydrogens is 368 g/mol. The summed E-state index contributed by atoms with van der Waals surface area (Å²) in [6.07, 6.45) is 3.66. The summed E-state index contributed by atoms with van der Waals surface area (Å²) in [5.74, 6) is 1.26. The van der Waals surface area contributed by atoms with Gasteiger partial charge in [0.1, 0.15) is 0 Å². The maximum absolute atomic E-state index is 13.2. The molecule has 2 aliphatic rings. The van der Waals surface area contributed by atoms with Crippen molar-refractivity contribution < 1.29 is 9.53 Å². The van der Waals surface area contributed by atoms with Crippen LogP contribution in [0.1, 0.15) is 44.2 Å². The molecule has 2 unspecified atom stereocenters. The van der Waals surface area contributed by atoms with Crippen molar-refractivity contribution in [1.29, 1.82) is 0 Å². The molecule has 0 radical (unpaired) electrons. The Morgan fingerprint density at radius 1 is 1.04 bits per heavy atom. The molecule has 2 atom stereocenters. The van der Waals surface area contributed by atoms with Gasteiger partial charge >= 0.3 is 0 Å². The highest BCUT2D eigenvalue weighted by Gasteiger charge is 2.33. The van der Waals surface area contributed by atoms with Crippen molar-refractivity contribution >= 4 is 23.0 Å². The van der Waals surface area contributed by atoms with E-state index in [1.54, 1.807) is 0 Å². The number of carbonyl (C=O) groups is 1. The molecule has 2 aromatic carbocycles. The van der Waals surface area contributed by atoms with Crippen LogP contribution >= 0.6 is 11.6 Å². The van der Waals surface area contributed by atoms with Gasteiger partial charge in [-0.2, -0.15) is 0 Å². The van der Waals surface area contributed by atoms with Crippen LogP contribution < -0.4 is 0 Å². The average molecular weight is 395 g/mol. The summed E-state index contributed by atoms with van der Waals surface area (Å²) in [5, 5.41) is 0.733. The van der Waals surface area contributed by atoms with E-state index in [-0.39, 0.29) is 0 Å². The number of aryl methyl sites for hydroxylation is 1. The molecule has 0 spiro atoms. The van der Waals surface area contributed by atoms with Gasteiger partial charge in [-0.25, -0.2) is 0 Å². The van der Waals surface area contributed by atoms with E-state index >= 15 is 0 Å². The Bertz CT molecular complexity index is 905. The van der Waals surface area contributed by atoms with Gasteiger partial charge in [0.2, 0.25) is 0 Å². The quantitative estimate of drug-likeness (QED) is 0.603. The van der Waals surface area contributed by atoms with E-state index in [0.717, 1.165) is 59.8 Å². The Hall–Kier alpha value is -1.90. The molecule has 2 aromatic rings. The monoisotopic (exact) mass is 394 g/mol. The van der Waals surface area contributed by atoms with Crippen LogP contribution in [0, 0.1) is 11.8 Å². The highest BCUT2D eigenvalue weighted by atomic mass is 35.5. The van der Waals surface area contributed by atoms with Crippen LogP contribution in [0.15, 0.2) is 48.0 Å². The van der Waals surface area contributed by atoms with Gasteiger partial charge in [-0.05, 0) is 78.5 Å². The highest BCUT2D eigenvalue weighted by Crippen LogP contribution is 2.40. The summed E-state index contributed by atoms with van der Waals surface area (Å²) >= 11 is 6.04. The maximum Gasteiger partial charge on any atom is 0.163 e. The van der Waals surface area contributed by atoms with E-state index in [1.807, 2.05) is 24.3 Å². The van der Waals surface area contributed by atoms with Crippen molar-refractivity contribution in [2.45, 2.75) is 39.5 Å². The Morgan fingerprint density at radius 3 is 2.43 bits per heavy atom. The number of halogens is 1. The van der Waals surface area contributed by atoms with Crippen LogP contribution in [-0.4, -0.2) is 19.0 Å². The molecule has 2 nitrogen and oxygen atoms in total. The smallest absolute Gasteiger partial charge is 0.163 e. The van der Waals surface area contributed by atoms with Gasteiger partial charge in [0.15, 0.2) is 5.78 Å². The van der Waals surface area contributed by atoms with Crippen molar-refractivity contribution in [1.82, 2.24) is 0 Å². The fraction of sp³-hybridized carbons (Fsp3) is 0.400. The minimum Gasteiger partial charge on any atom is -0.381 e. The topological polar surface area (TPSA) is 26.3 Å². The second kappa shape index (κ2) is 8.23. The Kier molecular flexibility index (Phi) is 5.70. The molecule has 3 heteroatoms. The van der Waals surface area contributed by atoms with Crippen LogP contribution in [0.5, 0.6) is 0 Å². The molecule has 0 bridgehead atoms. The van der Waals surface area contributed by atoms with E-state index in [1.165, 1.54) is 11.1 Å². The minimum absolute atomic E-state index is 0.295. The van der Waals surface area contributed by atoms with Gasteiger partial charge in [-0.15, -0.1) is 0 Å². The summed E-state index contributed by atoms with van der Waals surface area (Å²) in [4.78, 5) is 13.2. The van der Waals surface area contributed by atoms with E-state index in [9.17, 15) is 4.79 Å². The van der Waals surface area contributed by atoms with Gasteiger partial charge in [0.05, 0.1) is 0 Å². The number of benzene rings is 2. The first kappa shape index (κ1) is 19.4. The molecule has 146 valence electrons. The number of ketones is 1. The van der Waals surface area contributed by atoms with Crippen LogP contribution in [0.25, 0.3) is 16.7 Å².